The topological polar surface area (TPSA) is 9.23 Å². The molecule has 1 heteroatoms. The van der Waals surface area contributed by atoms with Crippen LogP contribution in [0.2, 0.25) is 0 Å². The van der Waals surface area contributed by atoms with E-state index < -0.39 is 0 Å². The normalized spacial score (nSPS) is 42.0. The maximum absolute atomic E-state index is 6.06. The number of rotatable bonds is 0. The zero-order chi connectivity index (χ0) is 9.12. The number of fused-ring (bicyclic) bond motifs is 7. The highest BCUT2D eigenvalue weighted by molar-refractivity contribution is 5.43. The Hall–Kier alpha value is -0.980. The summed E-state index contributed by atoms with van der Waals surface area (Å²) in [5.74, 6) is 3.69. The molecule has 1 aliphatic heterocycles. The molecule has 1 heterocycles. The Morgan fingerprint density at radius 2 is 1.93 bits per heavy atom. The second-order valence-electron chi connectivity index (χ2n) is 4.98. The predicted molar refractivity (Wildman–Crippen MR) is 54.4 cm³/mol. The Labute approximate surface area is 84.1 Å². The van der Waals surface area contributed by atoms with E-state index in [1.165, 1.54) is 30.6 Å². The van der Waals surface area contributed by atoms with Crippen molar-refractivity contribution in [3.8, 4) is 5.75 Å². The Bertz CT molecular complexity index is 385. The summed E-state index contributed by atoms with van der Waals surface area (Å²) in [6.45, 7) is 0. The van der Waals surface area contributed by atoms with Gasteiger partial charge in [-0.25, -0.2) is 0 Å². The first-order valence-corrected chi connectivity index (χ1v) is 5.69. The number of para-hydroxylation sites is 1. The van der Waals surface area contributed by atoms with Gasteiger partial charge in [-0.2, -0.15) is 0 Å². The monoisotopic (exact) mass is 186 g/mol. The van der Waals surface area contributed by atoms with Gasteiger partial charge in [0.15, 0.2) is 0 Å². The first-order valence-electron chi connectivity index (χ1n) is 5.69. The maximum Gasteiger partial charge on any atom is 0.123 e. The van der Waals surface area contributed by atoms with Gasteiger partial charge >= 0.3 is 0 Å². The molecule has 2 aliphatic carbocycles. The van der Waals surface area contributed by atoms with E-state index in [0.717, 1.165) is 17.8 Å². The summed E-state index contributed by atoms with van der Waals surface area (Å²) >= 11 is 0. The van der Waals surface area contributed by atoms with Crippen LogP contribution in [0, 0.1) is 11.8 Å². The van der Waals surface area contributed by atoms with Gasteiger partial charge in [-0.1, -0.05) is 18.2 Å². The fraction of sp³-hybridized carbons (Fsp3) is 0.538. The van der Waals surface area contributed by atoms with Crippen LogP contribution in [-0.4, -0.2) is 6.10 Å². The van der Waals surface area contributed by atoms with Crippen molar-refractivity contribution < 1.29 is 4.74 Å². The molecular weight excluding hydrogens is 172 g/mol. The minimum absolute atomic E-state index is 0.533. The summed E-state index contributed by atoms with van der Waals surface area (Å²) in [7, 11) is 0. The minimum atomic E-state index is 0.533. The van der Waals surface area contributed by atoms with Gasteiger partial charge in [-0.15, -0.1) is 0 Å². The number of ether oxygens (including phenoxy) is 1. The highest BCUT2D eigenvalue weighted by atomic mass is 16.5. The molecule has 0 radical (unpaired) electrons. The molecule has 0 saturated heterocycles. The van der Waals surface area contributed by atoms with Gasteiger partial charge in [0.25, 0.3) is 0 Å². The third kappa shape index (κ3) is 0.727. The van der Waals surface area contributed by atoms with Crippen LogP contribution in [0.1, 0.15) is 30.7 Å². The smallest absolute Gasteiger partial charge is 0.123 e. The molecule has 1 nitrogen and oxygen atoms in total. The average Bonchev–Trinajstić information content (AvgIpc) is 2.88. The van der Waals surface area contributed by atoms with E-state index in [1.807, 2.05) is 0 Å². The summed E-state index contributed by atoms with van der Waals surface area (Å²) < 4.78 is 6.06. The van der Waals surface area contributed by atoms with E-state index in [9.17, 15) is 0 Å². The molecule has 1 aromatic rings. The maximum atomic E-state index is 6.06. The molecule has 0 unspecified atom stereocenters. The molecule has 0 amide bonds. The largest absolute Gasteiger partial charge is 0.489 e. The van der Waals surface area contributed by atoms with Crippen LogP contribution in [0.3, 0.4) is 0 Å². The molecule has 4 rings (SSSR count). The summed E-state index contributed by atoms with van der Waals surface area (Å²) in [4.78, 5) is 0. The third-order valence-electron chi connectivity index (χ3n) is 4.38. The SMILES string of the molecule is c1ccc2c(c1)O[C@@H]1[C@@H]3CC[C@@H](C3)[C@@H]21. The van der Waals surface area contributed by atoms with Gasteiger partial charge in [0.1, 0.15) is 11.9 Å². The molecule has 4 atom stereocenters. The zero-order valence-corrected chi connectivity index (χ0v) is 8.15. The van der Waals surface area contributed by atoms with Gasteiger partial charge in [0.2, 0.25) is 0 Å². The van der Waals surface area contributed by atoms with Crippen LogP contribution in [0.4, 0.5) is 0 Å². The Kier molecular flexibility index (Phi) is 1.22. The molecule has 0 spiro atoms. The molecular formula is C13H14O. The lowest BCUT2D eigenvalue weighted by molar-refractivity contribution is 0.148. The lowest BCUT2D eigenvalue weighted by Crippen LogP contribution is -2.25. The molecule has 2 fully saturated rings. The van der Waals surface area contributed by atoms with Crippen molar-refractivity contribution in [3.05, 3.63) is 29.8 Å². The van der Waals surface area contributed by atoms with Crippen molar-refractivity contribution in [3.63, 3.8) is 0 Å². The van der Waals surface area contributed by atoms with Crippen LogP contribution >= 0.6 is 0 Å². The first-order chi connectivity index (χ1) is 6.93. The molecule has 2 bridgehead atoms. The molecule has 1 aromatic carbocycles. The molecule has 3 aliphatic rings. The minimum Gasteiger partial charge on any atom is -0.489 e. The van der Waals surface area contributed by atoms with E-state index in [-0.39, 0.29) is 0 Å². The standard InChI is InChI=1S/C13H14O/c1-2-4-11-10(3-1)12-8-5-6-9(7-8)13(12)14-11/h1-4,8-9,12-13H,5-7H2/t8-,9+,12-,13+/m0/s1. The van der Waals surface area contributed by atoms with Gasteiger partial charge in [-0.3, -0.25) is 0 Å². The van der Waals surface area contributed by atoms with Gasteiger partial charge < -0.3 is 4.74 Å². The summed E-state index contributed by atoms with van der Waals surface area (Å²) in [5.41, 5.74) is 1.49. The zero-order valence-electron chi connectivity index (χ0n) is 8.15. The highest BCUT2D eigenvalue weighted by Crippen LogP contribution is 2.59. The Morgan fingerprint density at radius 3 is 2.93 bits per heavy atom. The lowest BCUT2D eigenvalue weighted by atomic mass is 9.83. The summed E-state index contributed by atoms with van der Waals surface area (Å²) in [6, 6.07) is 8.63. The second-order valence-corrected chi connectivity index (χ2v) is 4.98. The quantitative estimate of drug-likeness (QED) is 0.605. The van der Waals surface area contributed by atoms with Crippen LogP contribution in [-0.2, 0) is 0 Å². The van der Waals surface area contributed by atoms with E-state index in [2.05, 4.69) is 24.3 Å². The second kappa shape index (κ2) is 2.33. The van der Waals surface area contributed by atoms with Crippen LogP contribution in [0.25, 0.3) is 0 Å². The number of benzene rings is 1. The van der Waals surface area contributed by atoms with Gasteiger partial charge in [0.05, 0.1) is 0 Å². The molecule has 14 heavy (non-hydrogen) atoms. The van der Waals surface area contributed by atoms with E-state index >= 15 is 0 Å². The summed E-state index contributed by atoms with van der Waals surface area (Å²) in [6.07, 6.45) is 4.79. The van der Waals surface area contributed by atoms with E-state index in [4.69, 9.17) is 4.74 Å². The predicted octanol–water partition coefficient (Wildman–Crippen LogP) is 2.96. The number of hydrogen-bond acceptors (Lipinski definition) is 1. The van der Waals surface area contributed by atoms with Crippen molar-refractivity contribution >= 4 is 0 Å². The summed E-state index contributed by atoms with van der Waals surface area (Å²) in [5, 5.41) is 0. The number of hydrogen-bond donors (Lipinski definition) is 0. The molecule has 0 aromatic heterocycles. The van der Waals surface area contributed by atoms with Crippen LogP contribution < -0.4 is 4.74 Å². The Morgan fingerprint density at radius 1 is 1.07 bits per heavy atom. The van der Waals surface area contributed by atoms with Crippen molar-refractivity contribution in [2.45, 2.75) is 31.3 Å². The van der Waals surface area contributed by atoms with E-state index in [0.29, 0.717) is 6.10 Å². The fourth-order valence-electron chi connectivity index (χ4n) is 3.85. The van der Waals surface area contributed by atoms with Crippen LogP contribution in [0.15, 0.2) is 24.3 Å². The molecule has 0 N–H and O–H groups in total. The van der Waals surface area contributed by atoms with Crippen molar-refractivity contribution in [2.24, 2.45) is 11.8 Å². The molecule has 2 saturated carbocycles. The Balaban J connectivity index is 1.86. The van der Waals surface area contributed by atoms with E-state index in [1.54, 1.807) is 0 Å². The van der Waals surface area contributed by atoms with Crippen molar-refractivity contribution in [1.82, 2.24) is 0 Å². The first kappa shape index (κ1) is 7.33. The van der Waals surface area contributed by atoms with Crippen molar-refractivity contribution in [2.75, 3.05) is 0 Å². The van der Waals surface area contributed by atoms with Gasteiger partial charge in [-0.05, 0) is 37.2 Å². The van der Waals surface area contributed by atoms with Crippen LogP contribution in [0.5, 0.6) is 5.75 Å². The van der Waals surface area contributed by atoms with Gasteiger partial charge in [0, 0.05) is 11.5 Å². The average molecular weight is 186 g/mol. The lowest BCUT2D eigenvalue weighted by Gasteiger charge is -2.23. The van der Waals surface area contributed by atoms with Crippen molar-refractivity contribution in [1.29, 1.82) is 0 Å². The fourth-order valence-corrected chi connectivity index (χ4v) is 3.85. The molecule has 72 valence electrons. The highest BCUT2D eigenvalue weighted by Gasteiger charge is 2.53. The third-order valence-corrected chi connectivity index (χ3v) is 4.38.